The summed E-state index contributed by atoms with van der Waals surface area (Å²) < 4.78 is 17.1. The fourth-order valence-corrected chi connectivity index (χ4v) is 2.78. The zero-order chi connectivity index (χ0) is 15.9. The van der Waals surface area contributed by atoms with Crippen LogP contribution in [0.1, 0.15) is 5.56 Å². The van der Waals surface area contributed by atoms with Gasteiger partial charge in [0, 0.05) is 19.6 Å². The first kappa shape index (κ1) is 15.8. The SMILES string of the molecule is COc1cccc(CN2CCOC[C@H](Oc3ccccc3)C2)c1. The lowest BCUT2D eigenvalue weighted by Crippen LogP contribution is -2.35. The van der Waals surface area contributed by atoms with E-state index in [4.69, 9.17) is 14.2 Å². The quantitative estimate of drug-likeness (QED) is 0.849. The maximum atomic E-state index is 6.06. The zero-order valence-corrected chi connectivity index (χ0v) is 13.5. The molecule has 1 fully saturated rings. The van der Waals surface area contributed by atoms with Crippen LogP contribution in [0.25, 0.3) is 0 Å². The zero-order valence-electron chi connectivity index (χ0n) is 13.5. The Labute approximate surface area is 137 Å². The van der Waals surface area contributed by atoms with E-state index in [2.05, 4.69) is 17.0 Å². The summed E-state index contributed by atoms with van der Waals surface area (Å²) in [7, 11) is 1.70. The van der Waals surface area contributed by atoms with Gasteiger partial charge in [-0.1, -0.05) is 30.3 Å². The Bertz CT molecular complexity index is 603. The molecule has 4 nitrogen and oxygen atoms in total. The molecule has 0 radical (unpaired) electrons. The van der Waals surface area contributed by atoms with Crippen molar-refractivity contribution in [1.82, 2.24) is 4.90 Å². The van der Waals surface area contributed by atoms with E-state index >= 15 is 0 Å². The summed E-state index contributed by atoms with van der Waals surface area (Å²) in [5.74, 6) is 1.79. The van der Waals surface area contributed by atoms with Crippen molar-refractivity contribution >= 4 is 0 Å². The van der Waals surface area contributed by atoms with Gasteiger partial charge in [-0.3, -0.25) is 4.90 Å². The average Bonchev–Trinajstić information content (AvgIpc) is 2.81. The van der Waals surface area contributed by atoms with Crippen molar-refractivity contribution in [1.29, 1.82) is 0 Å². The van der Waals surface area contributed by atoms with E-state index in [1.165, 1.54) is 5.56 Å². The third kappa shape index (κ3) is 4.71. The van der Waals surface area contributed by atoms with Crippen molar-refractivity contribution in [3.8, 4) is 11.5 Å². The molecule has 0 unspecified atom stereocenters. The summed E-state index contributed by atoms with van der Waals surface area (Å²) in [4.78, 5) is 2.37. The molecule has 1 aliphatic rings. The van der Waals surface area contributed by atoms with E-state index in [-0.39, 0.29) is 6.10 Å². The van der Waals surface area contributed by atoms with Gasteiger partial charge in [-0.2, -0.15) is 0 Å². The number of rotatable bonds is 5. The minimum atomic E-state index is 0.0468. The summed E-state index contributed by atoms with van der Waals surface area (Å²) in [6, 6.07) is 18.1. The molecule has 0 amide bonds. The maximum absolute atomic E-state index is 6.06. The second-order valence-corrected chi connectivity index (χ2v) is 5.71. The van der Waals surface area contributed by atoms with Crippen LogP contribution in [0.15, 0.2) is 54.6 Å². The first-order valence-electron chi connectivity index (χ1n) is 7.98. The maximum Gasteiger partial charge on any atom is 0.135 e. The van der Waals surface area contributed by atoms with Gasteiger partial charge < -0.3 is 14.2 Å². The summed E-state index contributed by atoms with van der Waals surface area (Å²) in [6.45, 7) is 4.00. The van der Waals surface area contributed by atoms with Crippen LogP contribution in [0.4, 0.5) is 0 Å². The van der Waals surface area contributed by atoms with Crippen LogP contribution in [0.3, 0.4) is 0 Å². The Morgan fingerprint density at radius 3 is 2.74 bits per heavy atom. The van der Waals surface area contributed by atoms with Gasteiger partial charge in [-0.25, -0.2) is 0 Å². The molecule has 0 aromatic heterocycles. The normalized spacial score (nSPS) is 19.1. The Morgan fingerprint density at radius 1 is 1.09 bits per heavy atom. The summed E-state index contributed by atoms with van der Waals surface area (Å²) in [5, 5.41) is 0. The molecule has 4 heteroatoms. The Hall–Kier alpha value is -2.04. The highest BCUT2D eigenvalue weighted by Crippen LogP contribution is 2.17. The largest absolute Gasteiger partial charge is 0.497 e. The molecule has 0 N–H and O–H groups in total. The molecule has 0 saturated carbocycles. The molecule has 1 saturated heterocycles. The lowest BCUT2D eigenvalue weighted by molar-refractivity contribution is 0.0710. The molecular formula is C19H23NO3. The van der Waals surface area contributed by atoms with E-state index < -0.39 is 0 Å². The summed E-state index contributed by atoms with van der Waals surface area (Å²) >= 11 is 0. The molecule has 3 rings (SSSR count). The third-order valence-corrected chi connectivity index (χ3v) is 3.90. The van der Waals surface area contributed by atoms with Crippen molar-refractivity contribution in [2.24, 2.45) is 0 Å². The van der Waals surface area contributed by atoms with Crippen molar-refractivity contribution in [3.63, 3.8) is 0 Å². The first-order chi connectivity index (χ1) is 11.3. The summed E-state index contributed by atoms with van der Waals surface area (Å²) in [5.41, 5.74) is 1.24. The number of ether oxygens (including phenoxy) is 3. The van der Waals surface area contributed by atoms with Gasteiger partial charge in [0.2, 0.25) is 0 Å². The van der Waals surface area contributed by atoms with Crippen LogP contribution in [0.5, 0.6) is 11.5 Å². The molecule has 0 bridgehead atoms. The number of benzene rings is 2. The molecule has 0 aliphatic carbocycles. The van der Waals surface area contributed by atoms with Crippen LogP contribution in [0.2, 0.25) is 0 Å². The Kier molecular flexibility index (Phi) is 5.51. The predicted octanol–water partition coefficient (Wildman–Crippen LogP) is 2.98. The van der Waals surface area contributed by atoms with Crippen molar-refractivity contribution in [2.75, 3.05) is 33.4 Å². The van der Waals surface area contributed by atoms with Crippen molar-refractivity contribution in [3.05, 3.63) is 60.2 Å². The predicted molar refractivity (Wildman–Crippen MR) is 89.9 cm³/mol. The monoisotopic (exact) mass is 313 g/mol. The van der Waals surface area contributed by atoms with E-state index in [1.54, 1.807) is 7.11 Å². The standard InChI is InChI=1S/C19H23NO3/c1-21-18-9-5-6-16(12-18)13-20-10-11-22-15-19(14-20)23-17-7-3-2-4-8-17/h2-9,12,19H,10-11,13-15H2,1H3/t19-/m1/s1. The molecule has 2 aromatic rings. The lowest BCUT2D eigenvalue weighted by Gasteiger charge is -2.24. The molecular weight excluding hydrogens is 290 g/mol. The second kappa shape index (κ2) is 7.99. The van der Waals surface area contributed by atoms with Gasteiger partial charge in [-0.05, 0) is 29.8 Å². The van der Waals surface area contributed by atoms with Gasteiger partial charge in [0.15, 0.2) is 0 Å². The second-order valence-electron chi connectivity index (χ2n) is 5.71. The average molecular weight is 313 g/mol. The van der Waals surface area contributed by atoms with E-state index in [0.717, 1.165) is 37.7 Å². The molecule has 0 spiro atoms. The molecule has 1 heterocycles. The van der Waals surface area contributed by atoms with Crippen molar-refractivity contribution in [2.45, 2.75) is 12.6 Å². The van der Waals surface area contributed by atoms with Crippen LogP contribution in [-0.2, 0) is 11.3 Å². The lowest BCUT2D eigenvalue weighted by atomic mass is 10.2. The number of hydrogen-bond acceptors (Lipinski definition) is 4. The fraction of sp³-hybridized carbons (Fsp3) is 0.368. The first-order valence-corrected chi connectivity index (χ1v) is 7.98. The third-order valence-electron chi connectivity index (χ3n) is 3.90. The minimum Gasteiger partial charge on any atom is -0.497 e. The highest BCUT2D eigenvalue weighted by Gasteiger charge is 2.20. The van der Waals surface area contributed by atoms with Crippen LogP contribution >= 0.6 is 0 Å². The van der Waals surface area contributed by atoms with E-state index in [9.17, 15) is 0 Å². The van der Waals surface area contributed by atoms with E-state index in [0.29, 0.717) is 6.61 Å². The molecule has 122 valence electrons. The van der Waals surface area contributed by atoms with Gasteiger partial charge in [-0.15, -0.1) is 0 Å². The highest BCUT2D eigenvalue weighted by molar-refractivity contribution is 5.28. The molecule has 1 atom stereocenters. The molecule has 1 aliphatic heterocycles. The summed E-state index contributed by atoms with van der Waals surface area (Å²) in [6.07, 6.45) is 0.0468. The van der Waals surface area contributed by atoms with Gasteiger partial charge in [0.05, 0.1) is 20.3 Å². The van der Waals surface area contributed by atoms with Gasteiger partial charge in [0.25, 0.3) is 0 Å². The number of nitrogens with zero attached hydrogens (tertiary/aromatic N) is 1. The van der Waals surface area contributed by atoms with E-state index in [1.807, 2.05) is 42.5 Å². The highest BCUT2D eigenvalue weighted by atomic mass is 16.5. The Balaban J connectivity index is 1.62. The van der Waals surface area contributed by atoms with Crippen LogP contribution < -0.4 is 9.47 Å². The van der Waals surface area contributed by atoms with Gasteiger partial charge >= 0.3 is 0 Å². The number of hydrogen-bond donors (Lipinski definition) is 0. The Morgan fingerprint density at radius 2 is 1.91 bits per heavy atom. The van der Waals surface area contributed by atoms with Crippen LogP contribution in [0, 0.1) is 0 Å². The number of para-hydroxylation sites is 1. The topological polar surface area (TPSA) is 30.9 Å². The van der Waals surface area contributed by atoms with Crippen LogP contribution in [-0.4, -0.2) is 44.4 Å². The molecule has 23 heavy (non-hydrogen) atoms. The van der Waals surface area contributed by atoms with Crippen molar-refractivity contribution < 1.29 is 14.2 Å². The minimum absolute atomic E-state index is 0.0468. The van der Waals surface area contributed by atoms with Gasteiger partial charge in [0.1, 0.15) is 17.6 Å². The molecule has 2 aromatic carbocycles. The number of methoxy groups -OCH3 is 1. The fourth-order valence-electron chi connectivity index (χ4n) is 2.78. The smallest absolute Gasteiger partial charge is 0.135 e.